The number of rotatable bonds is 3. The van der Waals surface area contributed by atoms with Gasteiger partial charge in [-0.25, -0.2) is 8.78 Å². The van der Waals surface area contributed by atoms with Crippen LogP contribution in [0.3, 0.4) is 0 Å². The van der Waals surface area contributed by atoms with Crippen LogP contribution in [0.2, 0.25) is 0 Å². The molecule has 2 aromatic rings. The average molecular weight is 298 g/mol. The van der Waals surface area contributed by atoms with Gasteiger partial charge in [-0.3, -0.25) is 0 Å². The highest BCUT2D eigenvalue weighted by molar-refractivity contribution is 5.63. The van der Waals surface area contributed by atoms with Crippen molar-refractivity contribution >= 4 is 0 Å². The fraction of sp³-hybridized carbons (Fsp3) is 0.300. The maximum atomic E-state index is 13.3. The molecule has 0 aliphatic heterocycles. The molecule has 0 N–H and O–H groups in total. The van der Waals surface area contributed by atoms with E-state index in [-0.39, 0.29) is 0 Å². The summed E-state index contributed by atoms with van der Waals surface area (Å²) in [6.45, 7) is 3.88. The first kappa shape index (κ1) is 15.0. The molecule has 0 radical (unpaired) electrons. The van der Waals surface area contributed by atoms with Gasteiger partial charge in [0, 0.05) is 0 Å². The number of hydrogen-bond donors (Lipinski definition) is 0. The first-order chi connectivity index (χ1) is 10.7. The van der Waals surface area contributed by atoms with Crippen LogP contribution in [0.4, 0.5) is 8.78 Å². The summed E-state index contributed by atoms with van der Waals surface area (Å²) in [6.07, 6.45) is 6.88. The molecular weight excluding hydrogens is 278 g/mol. The summed E-state index contributed by atoms with van der Waals surface area (Å²) in [5.41, 5.74) is 2.97. The second-order valence-corrected chi connectivity index (χ2v) is 6.10. The smallest absolute Gasteiger partial charge is 0.159 e. The number of hydrogen-bond acceptors (Lipinski definition) is 0. The van der Waals surface area contributed by atoms with E-state index in [4.69, 9.17) is 0 Å². The number of benzene rings is 2. The molecule has 3 rings (SSSR count). The van der Waals surface area contributed by atoms with Gasteiger partial charge < -0.3 is 0 Å². The summed E-state index contributed by atoms with van der Waals surface area (Å²) in [4.78, 5) is 0. The van der Waals surface area contributed by atoms with E-state index in [1.807, 2.05) is 12.1 Å². The van der Waals surface area contributed by atoms with Crippen molar-refractivity contribution in [3.05, 3.63) is 72.3 Å². The minimum Gasteiger partial charge on any atom is -0.204 e. The zero-order valence-electron chi connectivity index (χ0n) is 12.6. The van der Waals surface area contributed by atoms with Gasteiger partial charge in [-0.1, -0.05) is 36.4 Å². The van der Waals surface area contributed by atoms with Crippen LogP contribution in [0.15, 0.2) is 55.1 Å². The van der Waals surface area contributed by atoms with Crippen molar-refractivity contribution in [3.63, 3.8) is 0 Å². The van der Waals surface area contributed by atoms with Crippen LogP contribution in [0.25, 0.3) is 11.1 Å². The minimum absolute atomic E-state index is 0.607. The fourth-order valence-electron chi connectivity index (χ4n) is 3.31. The van der Waals surface area contributed by atoms with Crippen LogP contribution in [0.5, 0.6) is 0 Å². The first-order valence-electron chi connectivity index (χ1n) is 7.85. The Hall–Kier alpha value is -1.96. The molecule has 0 aromatic heterocycles. The predicted octanol–water partition coefficient (Wildman–Crippen LogP) is 6.09. The summed E-state index contributed by atoms with van der Waals surface area (Å²) < 4.78 is 26.3. The van der Waals surface area contributed by atoms with Crippen molar-refractivity contribution in [1.82, 2.24) is 0 Å². The summed E-state index contributed by atoms with van der Waals surface area (Å²) in [7, 11) is 0. The SMILES string of the molecule is C=C[C@H]1CC[C@H](c2ccc(-c3ccc(F)c(F)c3)cc2)CC1. The van der Waals surface area contributed by atoms with E-state index in [2.05, 4.69) is 24.8 Å². The zero-order chi connectivity index (χ0) is 15.5. The van der Waals surface area contributed by atoms with Crippen LogP contribution in [-0.4, -0.2) is 0 Å². The highest BCUT2D eigenvalue weighted by atomic mass is 19.2. The Morgan fingerprint density at radius 1 is 0.818 bits per heavy atom. The molecule has 0 nitrogen and oxygen atoms in total. The predicted molar refractivity (Wildman–Crippen MR) is 86.7 cm³/mol. The van der Waals surface area contributed by atoms with E-state index < -0.39 is 11.6 Å². The van der Waals surface area contributed by atoms with Gasteiger partial charge in [0.1, 0.15) is 0 Å². The van der Waals surface area contributed by atoms with Crippen molar-refractivity contribution in [2.45, 2.75) is 31.6 Å². The Morgan fingerprint density at radius 3 is 2.05 bits per heavy atom. The van der Waals surface area contributed by atoms with Crippen LogP contribution >= 0.6 is 0 Å². The van der Waals surface area contributed by atoms with Gasteiger partial charge in [0.15, 0.2) is 11.6 Å². The van der Waals surface area contributed by atoms with Gasteiger partial charge in [-0.15, -0.1) is 6.58 Å². The molecule has 2 heteroatoms. The minimum atomic E-state index is -0.806. The Kier molecular flexibility index (Phi) is 4.37. The Labute approximate surface area is 130 Å². The van der Waals surface area contributed by atoms with Crippen LogP contribution < -0.4 is 0 Å². The van der Waals surface area contributed by atoms with Crippen LogP contribution in [-0.2, 0) is 0 Å². The molecule has 22 heavy (non-hydrogen) atoms. The molecule has 1 fully saturated rings. The van der Waals surface area contributed by atoms with Crippen LogP contribution in [0, 0.1) is 17.6 Å². The highest BCUT2D eigenvalue weighted by Crippen LogP contribution is 2.36. The third-order valence-corrected chi connectivity index (χ3v) is 4.74. The molecular formula is C20H20F2. The standard InChI is InChI=1S/C20H20F2/c1-2-14-3-5-15(6-4-14)16-7-9-17(10-8-16)18-11-12-19(21)20(22)13-18/h2,7-15H,1,3-6H2/t14-,15-. The highest BCUT2D eigenvalue weighted by Gasteiger charge is 2.20. The van der Waals surface area contributed by atoms with E-state index in [1.165, 1.54) is 43.4 Å². The van der Waals surface area contributed by atoms with Gasteiger partial charge in [-0.05, 0) is 66.3 Å². The first-order valence-corrected chi connectivity index (χ1v) is 7.85. The van der Waals surface area contributed by atoms with E-state index in [0.717, 1.165) is 5.56 Å². The van der Waals surface area contributed by atoms with Crippen molar-refractivity contribution in [2.24, 2.45) is 5.92 Å². The molecule has 1 aliphatic carbocycles. The van der Waals surface area contributed by atoms with Crippen molar-refractivity contribution in [1.29, 1.82) is 0 Å². The lowest BCUT2D eigenvalue weighted by Gasteiger charge is -2.27. The molecule has 2 aromatic carbocycles. The summed E-state index contributed by atoms with van der Waals surface area (Å²) >= 11 is 0. The lowest BCUT2D eigenvalue weighted by molar-refractivity contribution is 0.376. The Morgan fingerprint density at radius 2 is 1.45 bits per heavy atom. The fourth-order valence-corrected chi connectivity index (χ4v) is 3.31. The van der Waals surface area contributed by atoms with Crippen molar-refractivity contribution in [2.75, 3.05) is 0 Å². The maximum Gasteiger partial charge on any atom is 0.159 e. The van der Waals surface area contributed by atoms with Crippen molar-refractivity contribution < 1.29 is 8.78 Å². The Balaban J connectivity index is 1.75. The van der Waals surface area contributed by atoms with Gasteiger partial charge in [0.25, 0.3) is 0 Å². The van der Waals surface area contributed by atoms with E-state index in [1.54, 1.807) is 6.07 Å². The molecule has 1 saturated carbocycles. The van der Waals surface area contributed by atoms with Gasteiger partial charge in [0.05, 0.1) is 0 Å². The topological polar surface area (TPSA) is 0 Å². The maximum absolute atomic E-state index is 13.3. The molecule has 0 heterocycles. The van der Waals surface area contributed by atoms with E-state index >= 15 is 0 Å². The van der Waals surface area contributed by atoms with Gasteiger partial charge in [-0.2, -0.15) is 0 Å². The third kappa shape index (κ3) is 3.11. The molecule has 114 valence electrons. The molecule has 0 amide bonds. The molecule has 0 unspecified atom stereocenters. The lowest BCUT2D eigenvalue weighted by Crippen LogP contribution is -2.11. The average Bonchev–Trinajstić information content (AvgIpc) is 2.58. The van der Waals surface area contributed by atoms with Gasteiger partial charge in [0.2, 0.25) is 0 Å². The Bertz CT molecular complexity index is 650. The third-order valence-electron chi connectivity index (χ3n) is 4.74. The summed E-state index contributed by atoms with van der Waals surface area (Å²) in [6, 6.07) is 12.3. The molecule has 0 spiro atoms. The van der Waals surface area contributed by atoms with Crippen LogP contribution in [0.1, 0.15) is 37.2 Å². The quantitative estimate of drug-likeness (QED) is 0.601. The summed E-state index contributed by atoms with van der Waals surface area (Å²) in [5.74, 6) is -0.336. The monoisotopic (exact) mass is 298 g/mol. The molecule has 0 bridgehead atoms. The van der Waals surface area contributed by atoms with Gasteiger partial charge >= 0.3 is 0 Å². The molecule has 0 atom stereocenters. The van der Waals surface area contributed by atoms with E-state index in [9.17, 15) is 8.78 Å². The second-order valence-electron chi connectivity index (χ2n) is 6.10. The van der Waals surface area contributed by atoms with Crippen molar-refractivity contribution in [3.8, 4) is 11.1 Å². The second kappa shape index (κ2) is 6.43. The van der Waals surface area contributed by atoms with E-state index in [0.29, 0.717) is 17.4 Å². The summed E-state index contributed by atoms with van der Waals surface area (Å²) in [5, 5.41) is 0. The molecule has 1 aliphatic rings. The normalized spacial score (nSPS) is 21.5. The zero-order valence-corrected chi connectivity index (χ0v) is 12.6. The molecule has 0 saturated heterocycles. The lowest BCUT2D eigenvalue weighted by atomic mass is 9.78. The largest absolute Gasteiger partial charge is 0.204 e. The number of halogens is 2. The number of allylic oxidation sites excluding steroid dienone is 1.